The number of aldehydes is 1. The molecule has 1 aliphatic heterocycles. The van der Waals surface area contributed by atoms with Crippen LogP contribution in [0.3, 0.4) is 0 Å². The zero-order valence-corrected chi connectivity index (χ0v) is 14.2. The van der Waals surface area contributed by atoms with Gasteiger partial charge in [-0.25, -0.2) is 4.39 Å². The minimum atomic E-state index is -0.154. The van der Waals surface area contributed by atoms with Crippen molar-refractivity contribution in [2.75, 3.05) is 44.2 Å². The summed E-state index contributed by atoms with van der Waals surface area (Å²) in [6.07, 6.45) is 1.71. The zero-order chi connectivity index (χ0) is 17.5. The summed E-state index contributed by atoms with van der Waals surface area (Å²) in [5, 5.41) is 0. The molecule has 5 heteroatoms. The van der Waals surface area contributed by atoms with E-state index in [1.54, 1.807) is 12.1 Å². The van der Waals surface area contributed by atoms with Crippen LogP contribution in [-0.4, -0.2) is 50.5 Å². The number of nitrogens with zero attached hydrogens (tertiary/aromatic N) is 2. The Morgan fingerprint density at radius 3 is 2.48 bits per heavy atom. The Kier molecular flexibility index (Phi) is 6.01. The standard InChI is InChI=1S/C20H23FN2O2/c21-18-7-2-3-8-19(18)23-13-11-22(12-14-23)10-5-15-25-20-9-4-1-6-17(20)16-24/h1-4,6-9,16H,5,10-15H2. The SMILES string of the molecule is O=Cc1ccccc1OCCCN1CCN(c2ccccc2F)CC1. The topological polar surface area (TPSA) is 32.8 Å². The predicted octanol–water partition coefficient (Wildman–Crippen LogP) is 3.23. The molecule has 3 rings (SSSR count). The van der Waals surface area contributed by atoms with E-state index in [1.807, 2.05) is 30.3 Å². The summed E-state index contributed by atoms with van der Waals surface area (Å²) in [5.74, 6) is 0.486. The number of para-hydroxylation sites is 2. The second kappa shape index (κ2) is 8.62. The second-order valence-corrected chi connectivity index (χ2v) is 6.14. The van der Waals surface area contributed by atoms with Gasteiger partial charge in [0.1, 0.15) is 11.6 Å². The number of piperazine rings is 1. The largest absolute Gasteiger partial charge is 0.493 e. The Morgan fingerprint density at radius 1 is 1.00 bits per heavy atom. The first-order valence-corrected chi connectivity index (χ1v) is 8.67. The molecular weight excluding hydrogens is 319 g/mol. The summed E-state index contributed by atoms with van der Waals surface area (Å²) in [5.41, 5.74) is 1.27. The van der Waals surface area contributed by atoms with Crippen LogP contribution in [0.5, 0.6) is 5.75 Å². The van der Waals surface area contributed by atoms with E-state index in [9.17, 15) is 9.18 Å². The van der Waals surface area contributed by atoms with Crippen molar-refractivity contribution in [2.24, 2.45) is 0 Å². The maximum absolute atomic E-state index is 13.8. The van der Waals surface area contributed by atoms with Crippen LogP contribution in [0.25, 0.3) is 0 Å². The fourth-order valence-electron chi connectivity index (χ4n) is 3.10. The summed E-state index contributed by atoms with van der Waals surface area (Å²) < 4.78 is 19.6. The lowest BCUT2D eigenvalue weighted by Crippen LogP contribution is -2.47. The summed E-state index contributed by atoms with van der Waals surface area (Å²) in [6, 6.07) is 14.2. The first-order valence-electron chi connectivity index (χ1n) is 8.67. The van der Waals surface area contributed by atoms with Gasteiger partial charge >= 0.3 is 0 Å². The van der Waals surface area contributed by atoms with Crippen LogP contribution in [-0.2, 0) is 0 Å². The van der Waals surface area contributed by atoms with Gasteiger partial charge in [0.05, 0.1) is 17.9 Å². The smallest absolute Gasteiger partial charge is 0.153 e. The van der Waals surface area contributed by atoms with E-state index in [1.165, 1.54) is 6.07 Å². The highest BCUT2D eigenvalue weighted by Gasteiger charge is 2.18. The van der Waals surface area contributed by atoms with Gasteiger partial charge in [-0.05, 0) is 30.7 Å². The molecule has 0 unspecified atom stereocenters. The van der Waals surface area contributed by atoms with Gasteiger partial charge in [0.2, 0.25) is 0 Å². The fourth-order valence-corrected chi connectivity index (χ4v) is 3.10. The van der Waals surface area contributed by atoms with E-state index in [0.717, 1.165) is 45.4 Å². The second-order valence-electron chi connectivity index (χ2n) is 6.14. The van der Waals surface area contributed by atoms with E-state index in [2.05, 4.69) is 9.80 Å². The van der Waals surface area contributed by atoms with Gasteiger partial charge < -0.3 is 9.64 Å². The van der Waals surface area contributed by atoms with E-state index in [-0.39, 0.29) is 5.82 Å². The lowest BCUT2D eigenvalue weighted by Gasteiger charge is -2.36. The molecule has 0 aromatic heterocycles. The number of carbonyl (C=O) groups is 1. The Bertz CT molecular complexity index is 700. The monoisotopic (exact) mass is 342 g/mol. The van der Waals surface area contributed by atoms with E-state index >= 15 is 0 Å². The normalized spacial score (nSPS) is 15.2. The number of benzene rings is 2. The quantitative estimate of drug-likeness (QED) is 0.571. The van der Waals surface area contributed by atoms with Crippen LogP contribution in [0.1, 0.15) is 16.8 Å². The van der Waals surface area contributed by atoms with Crippen LogP contribution in [0.4, 0.5) is 10.1 Å². The van der Waals surface area contributed by atoms with Crippen LogP contribution in [0.15, 0.2) is 48.5 Å². The van der Waals surface area contributed by atoms with Gasteiger partial charge in [-0.15, -0.1) is 0 Å². The Balaban J connectivity index is 1.40. The molecule has 25 heavy (non-hydrogen) atoms. The Morgan fingerprint density at radius 2 is 1.72 bits per heavy atom. The average Bonchev–Trinajstić information content (AvgIpc) is 2.66. The van der Waals surface area contributed by atoms with Crippen molar-refractivity contribution in [1.29, 1.82) is 0 Å². The maximum atomic E-state index is 13.8. The molecule has 0 aliphatic carbocycles. The molecule has 1 fully saturated rings. The number of ether oxygens (including phenoxy) is 1. The highest BCUT2D eigenvalue weighted by molar-refractivity contribution is 5.79. The van der Waals surface area contributed by atoms with Gasteiger partial charge in [-0.3, -0.25) is 9.69 Å². The van der Waals surface area contributed by atoms with Gasteiger partial charge in [-0.1, -0.05) is 24.3 Å². The van der Waals surface area contributed by atoms with Crippen LogP contribution < -0.4 is 9.64 Å². The summed E-state index contributed by atoms with van der Waals surface area (Å²) in [7, 11) is 0. The highest BCUT2D eigenvalue weighted by atomic mass is 19.1. The Labute approximate surface area is 147 Å². The van der Waals surface area contributed by atoms with Crippen molar-refractivity contribution in [1.82, 2.24) is 4.90 Å². The third kappa shape index (κ3) is 4.57. The molecule has 0 spiro atoms. The maximum Gasteiger partial charge on any atom is 0.153 e. The molecule has 0 bridgehead atoms. The molecule has 4 nitrogen and oxygen atoms in total. The zero-order valence-electron chi connectivity index (χ0n) is 14.2. The van der Waals surface area contributed by atoms with Gasteiger partial charge in [0.25, 0.3) is 0 Å². The predicted molar refractivity (Wildman–Crippen MR) is 97.0 cm³/mol. The number of hydrogen-bond donors (Lipinski definition) is 0. The van der Waals surface area contributed by atoms with Crippen molar-refractivity contribution in [3.8, 4) is 5.75 Å². The van der Waals surface area contributed by atoms with E-state index in [0.29, 0.717) is 23.6 Å². The molecule has 1 saturated heterocycles. The molecule has 0 radical (unpaired) electrons. The van der Waals surface area contributed by atoms with Crippen molar-refractivity contribution in [2.45, 2.75) is 6.42 Å². The summed E-state index contributed by atoms with van der Waals surface area (Å²) in [4.78, 5) is 15.4. The molecule has 132 valence electrons. The van der Waals surface area contributed by atoms with Crippen molar-refractivity contribution in [3.05, 3.63) is 59.9 Å². The van der Waals surface area contributed by atoms with Gasteiger partial charge in [0, 0.05) is 32.7 Å². The third-order valence-electron chi connectivity index (χ3n) is 4.49. The average molecular weight is 342 g/mol. The molecule has 0 N–H and O–H groups in total. The van der Waals surface area contributed by atoms with Crippen molar-refractivity contribution in [3.63, 3.8) is 0 Å². The fraction of sp³-hybridized carbons (Fsp3) is 0.350. The van der Waals surface area contributed by atoms with Crippen LogP contribution in [0.2, 0.25) is 0 Å². The minimum Gasteiger partial charge on any atom is -0.493 e. The van der Waals surface area contributed by atoms with Gasteiger partial charge in [0.15, 0.2) is 6.29 Å². The molecule has 2 aromatic carbocycles. The molecule has 1 heterocycles. The van der Waals surface area contributed by atoms with Gasteiger partial charge in [-0.2, -0.15) is 0 Å². The number of carbonyl (C=O) groups excluding carboxylic acids is 1. The molecule has 2 aromatic rings. The van der Waals surface area contributed by atoms with Crippen LogP contribution >= 0.6 is 0 Å². The molecule has 0 amide bonds. The summed E-state index contributed by atoms with van der Waals surface area (Å²) in [6.45, 7) is 5.01. The molecule has 0 saturated carbocycles. The number of anilines is 1. The first kappa shape index (κ1) is 17.4. The first-order chi connectivity index (χ1) is 12.3. The lowest BCUT2D eigenvalue weighted by atomic mass is 10.2. The molecule has 1 aliphatic rings. The van der Waals surface area contributed by atoms with Crippen molar-refractivity contribution < 1.29 is 13.9 Å². The summed E-state index contributed by atoms with van der Waals surface area (Å²) >= 11 is 0. The number of hydrogen-bond acceptors (Lipinski definition) is 4. The van der Waals surface area contributed by atoms with E-state index in [4.69, 9.17) is 4.74 Å². The van der Waals surface area contributed by atoms with E-state index < -0.39 is 0 Å². The minimum absolute atomic E-state index is 0.154. The lowest BCUT2D eigenvalue weighted by molar-refractivity contribution is 0.111. The number of rotatable bonds is 7. The molecule has 0 atom stereocenters. The third-order valence-corrected chi connectivity index (χ3v) is 4.49. The van der Waals surface area contributed by atoms with Crippen LogP contribution in [0, 0.1) is 5.82 Å². The number of halogens is 1. The van der Waals surface area contributed by atoms with Crippen molar-refractivity contribution >= 4 is 12.0 Å². The highest BCUT2D eigenvalue weighted by Crippen LogP contribution is 2.20. The Hall–Kier alpha value is -2.40. The molecular formula is C20H23FN2O2.